The third-order valence-electron chi connectivity index (χ3n) is 3.26. The van der Waals surface area contributed by atoms with Gasteiger partial charge in [-0.25, -0.2) is 4.98 Å². The predicted octanol–water partition coefficient (Wildman–Crippen LogP) is 2.14. The molecule has 0 saturated heterocycles. The van der Waals surface area contributed by atoms with Gasteiger partial charge in [0.25, 0.3) is 0 Å². The van der Waals surface area contributed by atoms with Crippen LogP contribution in [0.1, 0.15) is 11.1 Å². The van der Waals surface area contributed by atoms with Crippen molar-refractivity contribution in [3.8, 4) is 0 Å². The average Bonchev–Trinajstić information content (AvgIpc) is 2.91. The Morgan fingerprint density at radius 3 is 3.00 bits per heavy atom. The van der Waals surface area contributed by atoms with Gasteiger partial charge in [-0.2, -0.15) is 0 Å². The molecule has 98 valence electrons. The molecule has 0 radical (unpaired) electrons. The normalized spacial score (nSPS) is 14.9. The summed E-state index contributed by atoms with van der Waals surface area (Å²) in [6, 6.07) is 8.43. The van der Waals surface area contributed by atoms with Crippen LogP contribution < -0.4 is 5.32 Å². The van der Waals surface area contributed by atoms with Gasteiger partial charge in [0.15, 0.2) is 5.13 Å². The smallest absolute Gasteiger partial charge is 0.240 e. The zero-order valence-electron chi connectivity index (χ0n) is 10.5. The van der Waals surface area contributed by atoms with Gasteiger partial charge in [0, 0.05) is 24.7 Å². The number of amides is 1. The molecule has 0 unspecified atom stereocenters. The highest BCUT2D eigenvalue weighted by atomic mass is 32.1. The molecule has 1 aliphatic rings. The van der Waals surface area contributed by atoms with E-state index in [-0.39, 0.29) is 5.91 Å². The summed E-state index contributed by atoms with van der Waals surface area (Å²) >= 11 is 1.44. The molecule has 0 saturated carbocycles. The standard InChI is InChI=1S/C14H15N3OS/c18-13(16-14-15-6-8-19-14)10-17-7-5-11-3-1-2-4-12(11)9-17/h1-4,6,8H,5,7,9-10H2,(H,15,16,18). The van der Waals surface area contributed by atoms with Crippen LogP contribution in [0.25, 0.3) is 0 Å². The molecule has 19 heavy (non-hydrogen) atoms. The fraction of sp³-hybridized carbons (Fsp3) is 0.286. The van der Waals surface area contributed by atoms with Gasteiger partial charge in [0.1, 0.15) is 0 Å². The summed E-state index contributed by atoms with van der Waals surface area (Å²) in [5.74, 6) is 0.00864. The molecule has 1 aromatic carbocycles. The average molecular weight is 273 g/mol. The number of hydrogen-bond acceptors (Lipinski definition) is 4. The molecule has 0 bridgehead atoms. The van der Waals surface area contributed by atoms with Crippen molar-refractivity contribution in [3.05, 3.63) is 47.0 Å². The number of nitrogens with one attached hydrogen (secondary N) is 1. The fourth-order valence-corrected chi connectivity index (χ4v) is 2.88. The van der Waals surface area contributed by atoms with E-state index in [1.165, 1.54) is 22.5 Å². The van der Waals surface area contributed by atoms with Crippen molar-refractivity contribution in [1.82, 2.24) is 9.88 Å². The number of thiazole rings is 1. The number of hydrogen-bond donors (Lipinski definition) is 1. The second-order valence-electron chi connectivity index (χ2n) is 4.61. The van der Waals surface area contributed by atoms with Gasteiger partial charge in [-0.05, 0) is 17.5 Å². The Morgan fingerprint density at radius 1 is 1.37 bits per heavy atom. The van der Waals surface area contributed by atoms with E-state index in [4.69, 9.17) is 0 Å². The molecule has 0 fully saturated rings. The summed E-state index contributed by atoms with van der Waals surface area (Å²) in [6.07, 6.45) is 2.71. The van der Waals surface area contributed by atoms with E-state index in [9.17, 15) is 4.79 Å². The first-order valence-corrected chi connectivity index (χ1v) is 7.18. The first-order chi connectivity index (χ1) is 9.31. The molecule has 0 spiro atoms. The first kappa shape index (κ1) is 12.3. The Kier molecular flexibility index (Phi) is 3.57. The lowest BCUT2D eigenvalue weighted by Crippen LogP contribution is -2.37. The van der Waals surface area contributed by atoms with Crippen molar-refractivity contribution >= 4 is 22.4 Å². The Balaban J connectivity index is 1.58. The monoisotopic (exact) mass is 273 g/mol. The van der Waals surface area contributed by atoms with E-state index in [1.54, 1.807) is 6.20 Å². The van der Waals surface area contributed by atoms with E-state index in [0.717, 1.165) is 19.5 Å². The number of aromatic nitrogens is 1. The highest BCUT2D eigenvalue weighted by Gasteiger charge is 2.18. The van der Waals surface area contributed by atoms with Crippen molar-refractivity contribution < 1.29 is 4.79 Å². The fourth-order valence-electron chi connectivity index (χ4n) is 2.34. The molecule has 2 heterocycles. The molecule has 0 atom stereocenters. The molecule has 1 aliphatic heterocycles. The topological polar surface area (TPSA) is 45.2 Å². The molecular weight excluding hydrogens is 258 g/mol. The summed E-state index contributed by atoms with van der Waals surface area (Å²) in [5, 5.41) is 5.34. The first-order valence-electron chi connectivity index (χ1n) is 6.30. The number of benzene rings is 1. The van der Waals surface area contributed by atoms with Gasteiger partial charge >= 0.3 is 0 Å². The zero-order chi connectivity index (χ0) is 13.1. The number of carbonyl (C=O) groups excluding carboxylic acids is 1. The third-order valence-corrected chi connectivity index (χ3v) is 3.94. The molecule has 3 rings (SSSR count). The lowest BCUT2D eigenvalue weighted by atomic mass is 10.00. The number of nitrogens with zero attached hydrogens (tertiary/aromatic N) is 2. The molecule has 2 aromatic rings. The van der Waals surface area contributed by atoms with Crippen LogP contribution in [0.15, 0.2) is 35.8 Å². The van der Waals surface area contributed by atoms with Crippen molar-refractivity contribution in [3.63, 3.8) is 0 Å². The van der Waals surface area contributed by atoms with Gasteiger partial charge in [0.2, 0.25) is 5.91 Å². The number of carbonyl (C=O) groups is 1. The maximum atomic E-state index is 11.9. The Morgan fingerprint density at radius 2 is 2.21 bits per heavy atom. The maximum absolute atomic E-state index is 11.9. The minimum absolute atomic E-state index is 0.00864. The summed E-state index contributed by atoms with van der Waals surface area (Å²) in [5.41, 5.74) is 2.73. The molecule has 1 N–H and O–H groups in total. The number of rotatable bonds is 3. The second kappa shape index (κ2) is 5.50. The minimum Gasteiger partial charge on any atom is -0.301 e. The highest BCUT2D eigenvalue weighted by Crippen LogP contribution is 2.18. The molecule has 1 amide bonds. The Labute approximate surface area is 116 Å². The quantitative estimate of drug-likeness (QED) is 0.932. The van der Waals surface area contributed by atoms with Crippen molar-refractivity contribution in [2.24, 2.45) is 0 Å². The van der Waals surface area contributed by atoms with Gasteiger partial charge in [-0.1, -0.05) is 24.3 Å². The van der Waals surface area contributed by atoms with Gasteiger partial charge < -0.3 is 5.32 Å². The van der Waals surface area contributed by atoms with Crippen LogP contribution in [0.4, 0.5) is 5.13 Å². The summed E-state index contributed by atoms with van der Waals surface area (Å²) in [6.45, 7) is 2.21. The Bertz CT molecular complexity index is 568. The molecular formula is C14H15N3OS. The van der Waals surface area contributed by atoms with E-state index in [2.05, 4.69) is 39.5 Å². The van der Waals surface area contributed by atoms with E-state index >= 15 is 0 Å². The molecule has 0 aliphatic carbocycles. The van der Waals surface area contributed by atoms with Gasteiger partial charge in [0.05, 0.1) is 6.54 Å². The summed E-state index contributed by atoms with van der Waals surface area (Å²) in [4.78, 5) is 18.1. The molecule has 4 nitrogen and oxygen atoms in total. The van der Waals surface area contributed by atoms with Crippen LogP contribution in [0.3, 0.4) is 0 Å². The van der Waals surface area contributed by atoms with Crippen LogP contribution in [0.5, 0.6) is 0 Å². The summed E-state index contributed by atoms with van der Waals surface area (Å²) < 4.78 is 0. The van der Waals surface area contributed by atoms with Crippen LogP contribution in [-0.2, 0) is 17.8 Å². The van der Waals surface area contributed by atoms with Gasteiger partial charge in [-0.3, -0.25) is 9.69 Å². The zero-order valence-corrected chi connectivity index (χ0v) is 11.3. The van der Waals surface area contributed by atoms with Crippen LogP contribution >= 0.6 is 11.3 Å². The third kappa shape index (κ3) is 3.00. The second-order valence-corrected chi connectivity index (χ2v) is 5.51. The number of anilines is 1. The van der Waals surface area contributed by atoms with Crippen molar-refractivity contribution in [2.45, 2.75) is 13.0 Å². The van der Waals surface area contributed by atoms with E-state index < -0.39 is 0 Å². The lowest BCUT2D eigenvalue weighted by molar-refractivity contribution is -0.117. The van der Waals surface area contributed by atoms with Crippen LogP contribution in [-0.4, -0.2) is 28.9 Å². The van der Waals surface area contributed by atoms with Crippen LogP contribution in [0.2, 0.25) is 0 Å². The largest absolute Gasteiger partial charge is 0.301 e. The Hall–Kier alpha value is -1.72. The maximum Gasteiger partial charge on any atom is 0.240 e. The SMILES string of the molecule is O=C(CN1CCc2ccccc2C1)Nc1nccs1. The number of fused-ring (bicyclic) bond motifs is 1. The van der Waals surface area contributed by atoms with Crippen LogP contribution in [0, 0.1) is 0 Å². The molecule has 5 heteroatoms. The minimum atomic E-state index is 0.00864. The van der Waals surface area contributed by atoms with E-state index in [1.807, 2.05) is 5.38 Å². The summed E-state index contributed by atoms with van der Waals surface area (Å²) in [7, 11) is 0. The predicted molar refractivity (Wildman–Crippen MR) is 76.2 cm³/mol. The van der Waals surface area contributed by atoms with Crippen molar-refractivity contribution in [1.29, 1.82) is 0 Å². The molecule has 1 aromatic heterocycles. The lowest BCUT2D eigenvalue weighted by Gasteiger charge is -2.27. The highest BCUT2D eigenvalue weighted by molar-refractivity contribution is 7.13. The van der Waals surface area contributed by atoms with Crippen molar-refractivity contribution in [2.75, 3.05) is 18.4 Å². The van der Waals surface area contributed by atoms with E-state index in [0.29, 0.717) is 11.7 Å². The van der Waals surface area contributed by atoms with Gasteiger partial charge in [-0.15, -0.1) is 11.3 Å².